The molecule has 0 spiro atoms. The van der Waals surface area contributed by atoms with Crippen LogP contribution in [-0.4, -0.2) is 22.7 Å². The van der Waals surface area contributed by atoms with Crippen molar-refractivity contribution in [3.63, 3.8) is 0 Å². The quantitative estimate of drug-likeness (QED) is 0.537. The number of anilines is 1. The van der Waals surface area contributed by atoms with Crippen LogP contribution in [0.15, 0.2) is 72.4 Å². The second-order valence-corrected chi connectivity index (χ2v) is 5.68. The summed E-state index contributed by atoms with van der Waals surface area (Å²) in [6.45, 7) is 0. The molecule has 27 heavy (non-hydrogen) atoms. The second kappa shape index (κ2) is 7.93. The first-order chi connectivity index (χ1) is 13.1. The summed E-state index contributed by atoms with van der Waals surface area (Å²) in [5, 5.41) is 21.6. The highest BCUT2D eigenvalue weighted by Crippen LogP contribution is 2.20. The van der Waals surface area contributed by atoms with E-state index in [4.69, 9.17) is 4.74 Å². The molecule has 2 N–H and O–H groups in total. The number of carbonyl (C=O) groups is 1. The molecule has 0 radical (unpaired) electrons. The summed E-state index contributed by atoms with van der Waals surface area (Å²) in [6.07, 6.45) is 3.33. The van der Waals surface area contributed by atoms with Crippen molar-refractivity contribution in [1.29, 1.82) is 5.26 Å². The highest BCUT2D eigenvalue weighted by atomic mass is 16.5. The third kappa shape index (κ3) is 4.17. The molecule has 0 bridgehead atoms. The summed E-state index contributed by atoms with van der Waals surface area (Å²) in [5.41, 5.74) is 1.97. The number of phenolic OH excluding ortho intramolecular Hbond substituents is 1. The van der Waals surface area contributed by atoms with Gasteiger partial charge in [0.2, 0.25) is 0 Å². The molecule has 0 aliphatic carbocycles. The number of aromatic hydroxyl groups is 1. The number of carbonyl (C=O) groups excluding carboxylic acids is 1. The van der Waals surface area contributed by atoms with E-state index < -0.39 is 5.91 Å². The predicted molar refractivity (Wildman–Crippen MR) is 103 cm³/mol. The van der Waals surface area contributed by atoms with Crippen LogP contribution in [0.5, 0.6) is 11.5 Å². The zero-order valence-corrected chi connectivity index (χ0v) is 14.6. The molecular weight excluding hydrogens is 342 g/mol. The second-order valence-electron chi connectivity index (χ2n) is 5.68. The molecule has 1 aromatic heterocycles. The van der Waals surface area contributed by atoms with Gasteiger partial charge in [-0.05, 0) is 54.6 Å². The monoisotopic (exact) mass is 359 g/mol. The molecule has 6 heteroatoms. The maximum absolute atomic E-state index is 12.5. The minimum Gasteiger partial charge on any atom is -0.508 e. The van der Waals surface area contributed by atoms with Gasteiger partial charge in [0.15, 0.2) is 0 Å². The molecule has 2 aromatic carbocycles. The number of aromatic nitrogens is 1. The van der Waals surface area contributed by atoms with Gasteiger partial charge in [0, 0.05) is 29.3 Å². The maximum atomic E-state index is 12.5. The number of nitrogens with one attached hydrogen (secondary N) is 1. The molecular formula is C21H17N3O3. The highest BCUT2D eigenvalue weighted by Gasteiger charge is 2.12. The van der Waals surface area contributed by atoms with Gasteiger partial charge in [0.1, 0.15) is 23.1 Å². The van der Waals surface area contributed by atoms with Crippen LogP contribution >= 0.6 is 0 Å². The number of rotatable bonds is 5. The minimum atomic E-state index is -0.510. The number of phenols is 1. The smallest absolute Gasteiger partial charge is 0.266 e. The fraction of sp³-hybridized carbons (Fsp3) is 0.0476. The van der Waals surface area contributed by atoms with E-state index in [1.807, 2.05) is 22.9 Å². The number of nitriles is 1. The van der Waals surface area contributed by atoms with Crippen LogP contribution < -0.4 is 10.1 Å². The summed E-state index contributed by atoms with van der Waals surface area (Å²) < 4.78 is 6.94. The number of ether oxygens (including phenoxy) is 1. The Balaban J connectivity index is 1.86. The lowest BCUT2D eigenvalue weighted by Crippen LogP contribution is -2.13. The van der Waals surface area contributed by atoms with E-state index in [-0.39, 0.29) is 11.3 Å². The van der Waals surface area contributed by atoms with Crippen molar-refractivity contribution >= 4 is 17.7 Å². The summed E-state index contributed by atoms with van der Waals surface area (Å²) in [4.78, 5) is 12.5. The van der Waals surface area contributed by atoms with Gasteiger partial charge in [-0.2, -0.15) is 5.26 Å². The Kier molecular flexibility index (Phi) is 5.24. The molecule has 1 heterocycles. The number of hydrogen-bond donors (Lipinski definition) is 2. The summed E-state index contributed by atoms with van der Waals surface area (Å²) in [5.74, 6) is 0.263. The predicted octanol–water partition coefficient (Wildman–Crippen LogP) is 3.74. The fourth-order valence-electron chi connectivity index (χ4n) is 2.56. The number of amides is 1. The Morgan fingerprint density at radius 1 is 1.19 bits per heavy atom. The molecule has 0 aliphatic rings. The molecule has 0 atom stereocenters. The normalized spacial score (nSPS) is 10.9. The first-order valence-corrected chi connectivity index (χ1v) is 8.14. The number of nitrogens with zero attached hydrogens (tertiary/aromatic N) is 2. The van der Waals surface area contributed by atoms with Gasteiger partial charge in [-0.3, -0.25) is 4.79 Å². The van der Waals surface area contributed by atoms with Crippen molar-refractivity contribution in [1.82, 2.24) is 4.57 Å². The van der Waals surface area contributed by atoms with E-state index in [1.54, 1.807) is 61.7 Å². The summed E-state index contributed by atoms with van der Waals surface area (Å²) >= 11 is 0. The van der Waals surface area contributed by atoms with Crippen LogP contribution in [0.3, 0.4) is 0 Å². The zero-order valence-electron chi connectivity index (χ0n) is 14.6. The van der Waals surface area contributed by atoms with E-state index in [0.29, 0.717) is 17.1 Å². The molecule has 3 aromatic rings. The fourth-order valence-corrected chi connectivity index (χ4v) is 2.56. The summed E-state index contributed by atoms with van der Waals surface area (Å²) in [6, 6.07) is 19.1. The largest absolute Gasteiger partial charge is 0.508 e. The van der Waals surface area contributed by atoms with Gasteiger partial charge in [-0.1, -0.05) is 6.07 Å². The van der Waals surface area contributed by atoms with Crippen LogP contribution in [0.25, 0.3) is 11.8 Å². The molecule has 0 aliphatic heterocycles. The lowest BCUT2D eigenvalue weighted by Gasteiger charge is -2.08. The van der Waals surface area contributed by atoms with Crippen LogP contribution in [0.1, 0.15) is 5.69 Å². The first kappa shape index (κ1) is 17.8. The SMILES string of the molecule is COc1cccc(NC(=O)/C(C#N)=C/c2cccn2-c2ccc(O)cc2)c1. The van der Waals surface area contributed by atoms with Gasteiger partial charge >= 0.3 is 0 Å². The highest BCUT2D eigenvalue weighted by molar-refractivity contribution is 6.09. The van der Waals surface area contributed by atoms with E-state index in [1.165, 1.54) is 6.08 Å². The summed E-state index contributed by atoms with van der Waals surface area (Å²) in [7, 11) is 1.54. The molecule has 0 unspecified atom stereocenters. The van der Waals surface area contributed by atoms with Gasteiger partial charge in [0.05, 0.1) is 7.11 Å². The molecule has 3 rings (SSSR count). The topological polar surface area (TPSA) is 87.3 Å². The lowest BCUT2D eigenvalue weighted by molar-refractivity contribution is -0.112. The van der Waals surface area contributed by atoms with E-state index in [2.05, 4.69) is 5.32 Å². The Morgan fingerprint density at radius 3 is 2.67 bits per heavy atom. The number of hydrogen-bond acceptors (Lipinski definition) is 4. The Hall–Kier alpha value is -3.98. The Labute approximate surface area is 156 Å². The van der Waals surface area contributed by atoms with Gasteiger partial charge < -0.3 is 19.7 Å². The van der Waals surface area contributed by atoms with Crippen molar-refractivity contribution in [2.24, 2.45) is 0 Å². The maximum Gasteiger partial charge on any atom is 0.266 e. The van der Waals surface area contributed by atoms with E-state index in [9.17, 15) is 15.2 Å². The Bertz CT molecular complexity index is 1030. The van der Waals surface area contributed by atoms with Crippen molar-refractivity contribution < 1.29 is 14.6 Å². The first-order valence-electron chi connectivity index (χ1n) is 8.14. The van der Waals surface area contributed by atoms with Crippen molar-refractivity contribution in [2.75, 3.05) is 12.4 Å². The lowest BCUT2D eigenvalue weighted by atomic mass is 10.2. The third-order valence-corrected chi connectivity index (χ3v) is 3.89. The van der Waals surface area contributed by atoms with Crippen LogP contribution in [0.2, 0.25) is 0 Å². The molecule has 134 valence electrons. The van der Waals surface area contributed by atoms with Crippen LogP contribution in [0.4, 0.5) is 5.69 Å². The van der Waals surface area contributed by atoms with Crippen LogP contribution in [-0.2, 0) is 4.79 Å². The van der Waals surface area contributed by atoms with E-state index >= 15 is 0 Å². The average molecular weight is 359 g/mol. The average Bonchev–Trinajstić information content (AvgIpc) is 3.15. The minimum absolute atomic E-state index is 0.0310. The van der Waals surface area contributed by atoms with Gasteiger partial charge in [-0.15, -0.1) is 0 Å². The molecule has 1 amide bonds. The Morgan fingerprint density at radius 2 is 1.96 bits per heavy atom. The van der Waals surface area contributed by atoms with Crippen molar-refractivity contribution in [3.05, 3.63) is 78.1 Å². The third-order valence-electron chi connectivity index (χ3n) is 3.89. The molecule has 0 saturated heterocycles. The van der Waals surface area contributed by atoms with E-state index in [0.717, 1.165) is 5.69 Å². The molecule has 0 fully saturated rings. The van der Waals surface area contributed by atoms with Crippen LogP contribution in [0, 0.1) is 11.3 Å². The molecule has 0 saturated carbocycles. The van der Waals surface area contributed by atoms with Crippen molar-refractivity contribution in [3.8, 4) is 23.3 Å². The number of methoxy groups -OCH3 is 1. The van der Waals surface area contributed by atoms with Gasteiger partial charge in [-0.25, -0.2) is 0 Å². The molecule has 6 nitrogen and oxygen atoms in total. The van der Waals surface area contributed by atoms with Crippen molar-refractivity contribution in [2.45, 2.75) is 0 Å². The zero-order chi connectivity index (χ0) is 19.2. The number of benzene rings is 2. The van der Waals surface area contributed by atoms with Gasteiger partial charge in [0.25, 0.3) is 5.91 Å². The standard InChI is InChI=1S/C21H17N3O3/c1-27-20-6-2-4-16(13-20)23-21(26)15(14-22)12-18-5-3-11-24(18)17-7-9-19(25)10-8-17/h2-13,25H,1H3,(H,23,26)/b15-12+.